The van der Waals surface area contributed by atoms with Crippen LogP contribution in [0.15, 0.2) is 23.1 Å². The van der Waals surface area contributed by atoms with Gasteiger partial charge in [-0.05, 0) is 42.6 Å². The number of piperazine rings is 1. The van der Waals surface area contributed by atoms with Crippen molar-refractivity contribution in [3.8, 4) is 11.5 Å². The molecule has 0 spiro atoms. The molecule has 0 unspecified atom stereocenters. The number of imide groups is 1. The Kier molecular flexibility index (Phi) is 6.81. The molecule has 0 atom stereocenters. The average Bonchev–Trinajstić information content (AvgIpc) is 2.99. The Balaban J connectivity index is 1.63. The molecule has 0 saturated carbocycles. The molecule has 1 aromatic carbocycles. The Hall–Kier alpha value is -2.52. The zero-order valence-corrected chi connectivity index (χ0v) is 17.7. The molecule has 2 aliphatic heterocycles. The minimum atomic E-state index is -0.374. The van der Waals surface area contributed by atoms with E-state index in [0.717, 1.165) is 35.3 Å². The summed E-state index contributed by atoms with van der Waals surface area (Å²) in [6.07, 6.45) is 1.79. The van der Waals surface area contributed by atoms with Crippen LogP contribution in [0.5, 0.6) is 11.5 Å². The third-order valence-corrected chi connectivity index (χ3v) is 5.89. The normalized spacial score (nSPS) is 19.2. The molecule has 1 aromatic rings. The van der Waals surface area contributed by atoms with E-state index < -0.39 is 0 Å². The van der Waals surface area contributed by atoms with E-state index in [0.29, 0.717) is 29.5 Å². The van der Waals surface area contributed by atoms with Gasteiger partial charge in [0.05, 0.1) is 19.1 Å². The van der Waals surface area contributed by atoms with Gasteiger partial charge >= 0.3 is 0 Å². The van der Waals surface area contributed by atoms with Crippen LogP contribution in [0.2, 0.25) is 0 Å². The van der Waals surface area contributed by atoms with Crippen LogP contribution in [0.1, 0.15) is 12.0 Å². The van der Waals surface area contributed by atoms with Crippen molar-refractivity contribution in [1.82, 2.24) is 14.7 Å². The molecule has 3 rings (SSSR count). The maximum Gasteiger partial charge on any atom is 0.293 e. The summed E-state index contributed by atoms with van der Waals surface area (Å²) in [4.78, 5) is 42.8. The van der Waals surface area contributed by atoms with E-state index in [1.807, 2.05) is 7.05 Å². The topological polar surface area (TPSA) is 79.4 Å². The quantitative estimate of drug-likeness (QED) is 0.652. The van der Waals surface area contributed by atoms with Gasteiger partial charge in [-0.1, -0.05) is 6.07 Å². The number of benzene rings is 1. The Labute approximate surface area is 174 Å². The summed E-state index contributed by atoms with van der Waals surface area (Å²) >= 11 is 0.882. The van der Waals surface area contributed by atoms with E-state index in [9.17, 15) is 14.4 Å². The molecule has 2 heterocycles. The lowest BCUT2D eigenvalue weighted by atomic mass is 10.2. The maximum atomic E-state index is 12.7. The summed E-state index contributed by atoms with van der Waals surface area (Å²) in [7, 11) is 5.10. The molecule has 0 N–H and O–H groups in total. The van der Waals surface area contributed by atoms with Gasteiger partial charge in [0, 0.05) is 39.1 Å². The molecule has 0 bridgehead atoms. The zero-order valence-electron chi connectivity index (χ0n) is 16.8. The molecule has 0 aromatic heterocycles. The third kappa shape index (κ3) is 4.91. The van der Waals surface area contributed by atoms with Crippen LogP contribution >= 0.6 is 11.8 Å². The first-order valence-electron chi connectivity index (χ1n) is 9.36. The first-order valence-corrected chi connectivity index (χ1v) is 10.2. The van der Waals surface area contributed by atoms with Gasteiger partial charge in [0.2, 0.25) is 5.91 Å². The van der Waals surface area contributed by atoms with Crippen LogP contribution in [-0.2, 0) is 9.59 Å². The third-order valence-electron chi connectivity index (χ3n) is 4.98. The lowest BCUT2D eigenvalue weighted by Crippen LogP contribution is -2.47. The van der Waals surface area contributed by atoms with Crippen LogP contribution in [0.4, 0.5) is 4.79 Å². The largest absolute Gasteiger partial charge is 0.493 e. The second-order valence-corrected chi connectivity index (χ2v) is 7.88. The molecule has 0 radical (unpaired) electrons. The number of carbonyl (C=O) groups is 3. The van der Waals surface area contributed by atoms with Crippen LogP contribution in [0.25, 0.3) is 6.08 Å². The van der Waals surface area contributed by atoms with Crippen LogP contribution in [0, 0.1) is 0 Å². The monoisotopic (exact) mass is 419 g/mol. The smallest absolute Gasteiger partial charge is 0.293 e. The highest BCUT2D eigenvalue weighted by Gasteiger charge is 2.35. The average molecular weight is 420 g/mol. The summed E-state index contributed by atoms with van der Waals surface area (Å²) < 4.78 is 10.5. The molecule has 3 amide bonds. The number of likely N-dealkylation sites (N-methyl/N-ethyl adjacent to an activating group) is 1. The van der Waals surface area contributed by atoms with E-state index in [4.69, 9.17) is 9.47 Å². The second kappa shape index (κ2) is 9.32. The molecule has 0 aliphatic carbocycles. The minimum absolute atomic E-state index is 0.0268. The van der Waals surface area contributed by atoms with Gasteiger partial charge in [-0.25, -0.2) is 0 Å². The van der Waals surface area contributed by atoms with Gasteiger partial charge in [-0.3, -0.25) is 19.3 Å². The second-order valence-electron chi connectivity index (χ2n) is 6.88. The molecular formula is C20H25N3O5S. The molecule has 9 heteroatoms. The van der Waals surface area contributed by atoms with Crippen molar-refractivity contribution in [2.45, 2.75) is 6.42 Å². The standard InChI is InChI=1S/C20H25N3O5S/c1-21-8-10-22(11-9-21)18(24)6-7-23-19(25)17(29-20(23)26)13-14-4-5-15(27-2)16(12-14)28-3/h4-5,12-13H,6-11H2,1-3H3/b17-13+. The zero-order chi connectivity index (χ0) is 21.0. The minimum Gasteiger partial charge on any atom is -0.493 e. The summed E-state index contributed by atoms with van der Waals surface area (Å²) in [6, 6.07) is 5.26. The number of amides is 3. The lowest BCUT2D eigenvalue weighted by Gasteiger charge is -2.32. The molecule has 29 heavy (non-hydrogen) atoms. The van der Waals surface area contributed by atoms with Gasteiger partial charge in [0.25, 0.3) is 11.1 Å². The van der Waals surface area contributed by atoms with E-state index in [-0.39, 0.29) is 30.0 Å². The fourth-order valence-corrected chi connectivity index (χ4v) is 4.07. The lowest BCUT2D eigenvalue weighted by molar-refractivity contribution is -0.133. The highest BCUT2D eigenvalue weighted by molar-refractivity contribution is 8.18. The molecule has 2 fully saturated rings. The number of carbonyl (C=O) groups excluding carboxylic acids is 3. The Morgan fingerprint density at radius 3 is 2.45 bits per heavy atom. The summed E-state index contributed by atoms with van der Waals surface area (Å²) in [5, 5.41) is -0.354. The Morgan fingerprint density at radius 1 is 1.10 bits per heavy atom. The van der Waals surface area contributed by atoms with Gasteiger partial charge < -0.3 is 19.3 Å². The van der Waals surface area contributed by atoms with Gasteiger partial charge in [0.15, 0.2) is 11.5 Å². The Bertz CT molecular complexity index is 833. The highest BCUT2D eigenvalue weighted by atomic mass is 32.2. The van der Waals surface area contributed by atoms with E-state index >= 15 is 0 Å². The number of rotatable bonds is 6. The van der Waals surface area contributed by atoms with E-state index in [1.165, 1.54) is 7.11 Å². The molecule has 2 saturated heterocycles. The predicted octanol–water partition coefficient (Wildman–Crippen LogP) is 1.90. The number of ether oxygens (including phenoxy) is 2. The van der Waals surface area contributed by atoms with Crippen molar-refractivity contribution in [3.63, 3.8) is 0 Å². The molecule has 8 nitrogen and oxygen atoms in total. The number of hydrogen-bond donors (Lipinski definition) is 0. The van der Waals surface area contributed by atoms with Crippen molar-refractivity contribution < 1.29 is 23.9 Å². The number of thioether (sulfide) groups is 1. The van der Waals surface area contributed by atoms with Crippen molar-refractivity contribution in [2.75, 3.05) is 54.0 Å². The first kappa shape index (κ1) is 21.2. The highest BCUT2D eigenvalue weighted by Crippen LogP contribution is 2.34. The molecule has 156 valence electrons. The van der Waals surface area contributed by atoms with Crippen molar-refractivity contribution in [1.29, 1.82) is 0 Å². The van der Waals surface area contributed by atoms with Crippen molar-refractivity contribution >= 4 is 34.9 Å². The summed E-state index contributed by atoms with van der Waals surface area (Å²) in [5.41, 5.74) is 0.724. The van der Waals surface area contributed by atoms with Crippen molar-refractivity contribution in [3.05, 3.63) is 28.7 Å². The Morgan fingerprint density at radius 2 is 1.79 bits per heavy atom. The van der Waals surface area contributed by atoms with Crippen LogP contribution in [0.3, 0.4) is 0 Å². The maximum absolute atomic E-state index is 12.7. The van der Waals surface area contributed by atoms with Gasteiger partial charge in [-0.15, -0.1) is 0 Å². The fraction of sp³-hybridized carbons (Fsp3) is 0.450. The van der Waals surface area contributed by atoms with Gasteiger partial charge in [0.1, 0.15) is 0 Å². The molecule has 2 aliphatic rings. The van der Waals surface area contributed by atoms with Crippen molar-refractivity contribution in [2.24, 2.45) is 0 Å². The van der Waals surface area contributed by atoms with Crippen LogP contribution < -0.4 is 9.47 Å². The van der Waals surface area contributed by atoms with E-state index in [1.54, 1.807) is 36.3 Å². The number of hydrogen-bond acceptors (Lipinski definition) is 7. The molecular weight excluding hydrogens is 394 g/mol. The summed E-state index contributed by atoms with van der Waals surface area (Å²) in [5.74, 6) is 0.723. The fourth-order valence-electron chi connectivity index (χ4n) is 3.21. The first-order chi connectivity index (χ1) is 13.9. The summed E-state index contributed by atoms with van der Waals surface area (Å²) in [6.45, 7) is 3.12. The number of methoxy groups -OCH3 is 2. The number of nitrogens with zero attached hydrogens (tertiary/aromatic N) is 3. The van der Waals surface area contributed by atoms with Crippen LogP contribution in [-0.4, -0.2) is 85.7 Å². The van der Waals surface area contributed by atoms with E-state index in [2.05, 4.69) is 4.90 Å². The predicted molar refractivity (Wildman–Crippen MR) is 111 cm³/mol. The SMILES string of the molecule is COc1ccc(/C=C2/SC(=O)N(CCC(=O)N3CCN(C)CC3)C2=O)cc1OC. The van der Waals surface area contributed by atoms with Gasteiger partial charge in [-0.2, -0.15) is 0 Å².